The fraction of sp³-hybridized carbons (Fsp3) is 0.417. The summed E-state index contributed by atoms with van der Waals surface area (Å²) in [6.07, 6.45) is 0. The Bertz CT molecular complexity index is 1160. The van der Waals surface area contributed by atoms with Gasteiger partial charge < -0.3 is 19.1 Å². The third-order valence-corrected chi connectivity index (χ3v) is 5.91. The molecule has 3 heterocycles. The molecule has 1 atom stereocenters. The molecular weight excluding hydrogens is 394 g/mol. The standard InChI is InChI=1S/C24H29N3O4/c1-15-11-16(2)23-18(12-15)20(28)13-22(31-23)24(29)25-14-19(21-6-5-17(3)30-21)27-9-7-26(4)8-10-27/h5-6,11-13,19H,7-10,14H2,1-4H3,(H,25,29)/t19-/m1/s1. The topological polar surface area (TPSA) is 78.9 Å². The van der Waals surface area contributed by atoms with E-state index in [-0.39, 0.29) is 17.2 Å². The Hall–Kier alpha value is -2.90. The first kappa shape index (κ1) is 21.3. The summed E-state index contributed by atoms with van der Waals surface area (Å²) in [6, 6.07) is 8.83. The lowest BCUT2D eigenvalue weighted by Gasteiger charge is -2.37. The van der Waals surface area contributed by atoms with Crippen molar-refractivity contribution in [3.8, 4) is 0 Å². The minimum atomic E-state index is -0.401. The van der Waals surface area contributed by atoms with Gasteiger partial charge in [0.05, 0.1) is 11.4 Å². The maximum Gasteiger partial charge on any atom is 0.287 e. The largest absolute Gasteiger partial charge is 0.465 e. The Morgan fingerprint density at radius 1 is 1.06 bits per heavy atom. The number of rotatable bonds is 5. The average molecular weight is 424 g/mol. The molecule has 1 aromatic carbocycles. The summed E-state index contributed by atoms with van der Waals surface area (Å²) < 4.78 is 11.7. The Kier molecular flexibility index (Phi) is 5.98. The van der Waals surface area contributed by atoms with Crippen molar-refractivity contribution in [2.24, 2.45) is 0 Å². The molecule has 0 radical (unpaired) electrons. The molecule has 2 aromatic heterocycles. The molecule has 3 aromatic rings. The van der Waals surface area contributed by atoms with Gasteiger partial charge in [-0.3, -0.25) is 14.5 Å². The summed E-state index contributed by atoms with van der Waals surface area (Å²) >= 11 is 0. The quantitative estimate of drug-likeness (QED) is 0.680. The number of piperazine rings is 1. The Morgan fingerprint density at radius 3 is 2.48 bits per heavy atom. The van der Waals surface area contributed by atoms with Crippen LogP contribution >= 0.6 is 0 Å². The van der Waals surface area contributed by atoms with Gasteiger partial charge >= 0.3 is 0 Å². The van der Waals surface area contributed by atoms with Crippen molar-refractivity contribution in [3.63, 3.8) is 0 Å². The molecule has 1 amide bonds. The summed E-state index contributed by atoms with van der Waals surface area (Å²) in [7, 11) is 2.11. The maximum atomic E-state index is 12.9. The number of amides is 1. The van der Waals surface area contributed by atoms with E-state index in [2.05, 4.69) is 22.2 Å². The molecule has 7 heteroatoms. The highest BCUT2D eigenvalue weighted by atomic mass is 16.3. The molecular formula is C24H29N3O4. The van der Waals surface area contributed by atoms with Gasteiger partial charge in [0, 0.05) is 38.8 Å². The van der Waals surface area contributed by atoms with E-state index < -0.39 is 5.91 Å². The summed E-state index contributed by atoms with van der Waals surface area (Å²) in [5, 5.41) is 3.45. The van der Waals surface area contributed by atoms with Crippen LogP contribution in [0.2, 0.25) is 0 Å². The van der Waals surface area contributed by atoms with Crippen molar-refractivity contribution >= 4 is 16.9 Å². The number of nitrogens with one attached hydrogen (secondary N) is 1. The number of hydrogen-bond acceptors (Lipinski definition) is 6. The van der Waals surface area contributed by atoms with Crippen LogP contribution in [0.5, 0.6) is 0 Å². The minimum Gasteiger partial charge on any atom is -0.465 e. The van der Waals surface area contributed by atoms with Crippen LogP contribution in [-0.4, -0.2) is 55.5 Å². The van der Waals surface area contributed by atoms with E-state index >= 15 is 0 Å². The van der Waals surface area contributed by atoms with E-state index in [0.717, 1.165) is 48.8 Å². The number of aryl methyl sites for hydroxylation is 3. The van der Waals surface area contributed by atoms with Crippen LogP contribution in [0.3, 0.4) is 0 Å². The summed E-state index contributed by atoms with van der Waals surface area (Å²) in [6.45, 7) is 9.79. The van der Waals surface area contributed by atoms with Crippen molar-refractivity contribution < 1.29 is 13.6 Å². The number of hydrogen-bond donors (Lipinski definition) is 1. The maximum absolute atomic E-state index is 12.9. The molecule has 7 nitrogen and oxygen atoms in total. The lowest BCUT2D eigenvalue weighted by atomic mass is 10.1. The predicted octanol–water partition coefficient (Wildman–Crippen LogP) is 3.03. The fourth-order valence-electron chi connectivity index (χ4n) is 4.17. The van der Waals surface area contributed by atoms with Crippen molar-refractivity contribution in [2.75, 3.05) is 39.8 Å². The number of carbonyl (C=O) groups excluding carboxylic acids is 1. The minimum absolute atomic E-state index is 0.0252. The number of carbonyl (C=O) groups is 1. The second kappa shape index (κ2) is 8.69. The summed E-state index contributed by atoms with van der Waals surface area (Å²) in [4.78, 5) is 30.1. The zero-order valence-corrected chi connectivity index (χ0v) is 18.5. The summed E-state index contributed by atoms with van der Waals surface area (Å²) in [5.74, 6) is 1.29. The molecule has 0 bridgehead atoms. The molecule has 0 aliphatic carbocycles. The molecule has 1 aliphatic rings. The van der Waals surface area contributed by atoms with Crippen LogP contribution in [0.25, 0.3) is 11.0 Å². The molecule has 1 N–H and O–H groups in total. The number of benzene rings is 1. The van der Waals surface area contributed by atoms with E-state index in [9.17, 15) is 9.59 Å². The highest BCUT2D eigenvalue weighted by Gasteiger charge is 2.27. The van der Waals surface area contributed by atoms with Crippen LogP contribution < -0.4 is 10.7 Å². The van der Waals surface area contributed by atoms with E-state index in [1.807, 2.05) is 39.0 Å². The molecule has 0 unspecified atom stereocenters. The number of furan rings is 1. The van der Waals surface area contributed by atoms with Crippen molar-refractivity contribution in [3.05, 3.63) is 69.0 Å². The smallest absolute Gasteiger partial charge is 0.287 e. The molecule has 0 saturated carbocycles. The molecule has 1 fully saturated rings. The van der Waals surface area contributed by atoms with Gasteiger partial charge in [0.2, 0.25) is 0 Å². The normalized spacial score (nSPS) is 16.5. The first-order valence-electron chi connectivity index (χ1n) is 10.6. The SMILES string of the molecule is Cc1cc(C)c2oc(C(=O)NC[C@H](c3ccc(C)o3)N3CCN(C)CC3)cc(=O)c2c1. The van der Waals surface area contributed by atoms with Gasteiger partial charge in [0.15, 0.2) is 11.2 Å². The molecule has 31 heavy (non-hydrogen) atoms. The predicted molar refractivity (Wildman–Crippen MR) is 120 cm³/mol. The zero-order chi connectivity index (χ0) is 22.1. The van der Waals surface area contributed by atoms with Gasteiger partial charge in [0.1, 0.15) is 17.1 Å². The Labute approximate surface area is 181 Å². The first-order valence-corrected chi connectivity index (χ1v) is 10.6. The zero-order valence-electron chi connectivity index (χ0n) is 18.5. The van der Waals surface area contributed by atoms with Crippen LogP contribution in [0.15, 0.2) is 44.0 Å². The molecule has 164 valence electrons. The van der Waals surface area contributed by atoms with E-state index in [0.29, 0.717) is 17.5 Å². The van der Waals surface area contributed by atoms with Gasteiger partial charge in [-0.05, 0) is 57.1 Å². The van der Waals surface area contributed by atoms with Gasteiger partial charge in [-0.15, -0.1) is 0 Å². The number of fused-ring (bicyclic) bond motifs is 1. The third-order valence-electron chi connectivity index (χ3n) is 5.91. The van der Waals surface area contributed by atoms with Gasteiger partial charge in [-0.2, -0.15) is 0 Å². The van der Waals surface area contributed by atoms with E-state index in [1.165, 1.54) is 6.07 Å². The van der Waals surface area contributed by atoms with Crippen molar-refractivity contribution in [1.82, 2.24) is 15.1 Å². The Balaban J connectivity index is 1.56. The van der Waals surface area contributed by atoms with E-state index in [4.69, 9.17) is 8.83 Å². The third kappa shape index (κ3) is 4.57. The van der Waals surface area contributed by atoms with Crippen LogP contribution in [-0.2, 0) is 0 Å². The molecule has 4 rings (SSSR count). The Morgan fingerprint density at radius 2 is 1.81 bits per heavy atom. The van der Waals surface area contributed by atoms with Gasteiger partial charge in [-0.1, -0.05) is 6.07 Å². The lowest BCUT2D eigenvalue weighted by molar-refractivity contribution is 0.0830. The molecule has 1 aliphatic heterocycles. The first-order chi connectivity index (χ1) is 14.8. The average Bonchev–Trinajstić information content (AvgIpc) is 3.16. The van der Waals surface area contributed by atoms with Gasteiger partial charge in [0.25, 0.3) is 5.91 Å². The second-order valence-corrected chi connectivity index (χ2v) is 8.45. The van der Waals surface area contributed by atoms with Crippen LogP contribution in [0, 0.1) is 20.8 Å². The lowest BCUT2D eigenvalue weighted by Crippen LogP contribution is -2.48. The number of likely N-dealkylation sites (N-methyl/N-ethyl adjacent to an activating group) is 1. The highest BCUT2D eigenvalue weighted by Crippen LogP contribution is 2.24. The van der Waals surface area contributed by atoms with Crippen LogP contribution in [0.4, 0.5) is 0 Å². The molecule has 1 saturated heterocycles. The van der Waals surface area contributed by atoms with Crippen LogP contribution in [0.1, 0.15) is 39.2 Å². The second-order valence-electron chi connectivity index (χ2n) is 8.45. The number of nitrogens with zero attached hydrogens (tertiary/aromatic N) is 2. The highest BCUT2D eigenvalue weighted by molar-refractivity contribution is 5.93. The summed E-state index contributed by atoms with van der Waals surface area (Å²) in [5.41, 5.74) is 2.07. The fourth-order valence-corrected chi connectivity index (χ4v) is 4.17. The van der Waals surface area contributed by atoms with Gasteiger partial charge in [-0.25, -0.2) is 0 Å². The van der Waals surface area contributed by atoms with E-state index in [1.54, 1.807) is 6.07 Å². The monoisotopic (exact) mass is 423 g/mol. The van der Waals surface area contributed by atoms with Crippen molar-refractivity contribution in [1.29, 1.82) is 0 Å². The molecule has 0 spiro atoms. The van der Waals surface area contributed by atoms with Crippen molar-refractivity contribution in [2.45, 2.75) is 26.8 Å².